The van der Waals surface area contributed by atoms with Gasteiger partial charge in [-0.25, -0.2) is 4.98 Å². The van der Waals surface area contributed by atoms with Crippen LogP contribution in [0, 0.1) is 11.3 Å². The van der Waals surface area contributed by atoms with Crippen LogP contribution in [0.25, 0.3) is 0 Å². The van der Waals surface area contributed by atoms with E-state index in [9.17, 15) is 0 Å². The molecular formula is C12H16N4. The Morgan fingerprint density at radius 2 is 2.44 bits per heavy atom. The van der Waals surface area contributed by atoms with Crippen LogP contribution >= 0.6 is 0 Å². The molecule has 1 saturated heterocycles. The summed E-state index contributed by atoms with van der Waals surface area (Å²) in [4.78, 5) is 4.21. The van der Waals surface area contributed by atoms with E-state index in [0.717, 1.165) is 25.2 Å². The van der Waals surface area contributed by atoms with E-state index in [4.69, 9.17) is 5.26 Å². The molecule has 2 unspecified atom stereocenters. The second-order valence-corrected chi connectivity index (χ2v) is 4.26. The fourth-order valence-electron chi connectivity index (χ4n) is 2.02. The van der Waals surface area contributed by atoms with Gasteiger partial charge >= 0.3 is 0 Å². The Kier molecular flexibility index (Phi) is 3.37. The van der Waals surface area contributed by atoms with E-state index >= 15 is 0 Å². The Morgan fingerprint density at radius 1 is 1.56 bits per heavy atom. The second-order valence-electron chi connectivity index (χ2n) is 4.26. The Bertz CT molecular complexity index is 379. The quantitative estimate of drug-likeness (QED) is 0.786. The van der Waals surface area contributed by atoms with Crippen molar-refractivity contribution in [3.63, 3.8) is 0 Å². The number of rotatable bonds is 2. The lowest BCUT2D eigenvalue weighted by atomic mass is 10.0. The number of nitriles is 1. The highest BCUT2D eigenvalue weighted by atomic mass is 15.0. The molecule has 4 nitrogen and oxygen atoms in total. The largest absolute Gasteiger partial charge is 0.367 e. The molecule has 1 fully saturated rings. The SMILES string of the molecule is CC1CC(Nc2ccc(C#N)cn2)CCN1. The fraction of sp³-hybridized carbons (Fsp3) is 0.500. The first kappa shape index (κ1) is 10.9. The third kappa shape index (κ3) is 2.71. The van der Waals surface area contributed by atoms with Crippen LogP contribution in [-0.4, -0.2) is 23.6 Å². The average molecular weight is 216 g/mol. The number of anilines is 1. The van der Waals surface area contributed by atoms with Crippen LogP contribution in [0.5, 0.6) is 0 Å². The summed E-state index contributed by atoms with van der Waals surface area (Å²) in [5.74, 6) is 0.859. The molecule has 2 atom stereocenters. The van der Waals surface area contributed by atoms with Crippen molar-refractivity contribution < 1.29 is 0 Å². The van der Waals surface area contributed by atoms with Gasteiger partial charge in [0.15, 0.2) is 0 Å². The van der Waals surface area contributed by atoms with E-state index in [-0.39, 0.29) is 0 Å². The van der Waals surface area contributed by atoms with E-state index in [2.05, 4.69) is 28.6 Å². The number of aromatic nitrogens is 1. The third-order valence-electron chi connectivity index (χ3n) is 2.87. The summed E-state index contributed by atoms with van der Waals surface area (Å²) in [5.41, 5.74) is 0.601. The van der Waals surface area contributed by atoms with Gasteiger partial charge in [0.1, 0.15) is 11.9 Å². The molecular weight excluding hydrogens is 200 g/mol. The van der Waals surface area contributed by atoms with E-state index in [1.807, 2.05) is 6.07 Å². The lowest BCUT2D eigenvalue weighted by Crippen LogP contribution is -2.41. The van der Waals surface area contributed by atoms with Crippen LogP contribution in [0.4, 0.5) is 5.82 Å². The Balaban J connectivity index is 1.95. The molecule has 16 heavy (non-hydrogen) atoms. The van der Waals surface area contributed by atoms with Crippen molar-refractivity contribution in [3.8, 4) is 6.07 Å². The molecule has 0 radical (unpaired) electrons. The molecule has 4 heteroatoms. The number of nitrogens with one attached hydrogen (secondary N) is 2. The van der Waals surface area contributed by atoms with Crippen LogP contribution in [0.3, 0.4) is 0 Å². The van der Waals surface area contributed by atoms with Crippen molar-refractivity contribution in [1.82, 2.24) is 10.3 Å². The van der Waals surface area contributed by atoms with Crippen molar-refractivity contribution in [1.29, 1.82) is 5.26 Å². The van der Waals surface area contributed by atoms with Crippen molar-refractivity contribution in [2.45, 2.75) is 31.8 Å². The number of pyridine rings is 1. The maximum atomic E-state index is 8.67. The van der Waals surface area contributed by atoms with E-state index in [1.165, 1.54) is 0 Å². The Morgan fingerprint density at radius 3 is 3.06 bits per heavy atom. The summed E-state index contributed by atoms with van der Waals surface area (Å²) >= 11 is 0. The maximum Gasteiger partial charge on any atom is 0.126 e. The topological polar surface area (TPSA) is 60.7 Å². The minimum Gasteiger partial charge on any atom is -0.367 e. The minimum atomic E-state index is 0.483. The van der Waals surface area contributed by atoms with Gasteiger partial charge in [0.05, 0.1) is 5.56 Å². The van der Waals surface area contributed by atoms with Crippen LogP contribution in [0.1, 0.15) is 25.3 Å². The molecule has 0 bridgehead atoms. The van der Waals surface area contributed by atoms with Gasteiger partial charge in [-0.3, -0.25) is 0 Å². The van der Waals surface area contributed by atoms with Gasteiger partial charge in [0, 0.05) is 18.3 Å². The zero-order chi connectivity index (χ0) is 11.4. The molecule has 0 saturated carbocycles. The predicted molar refractivity (Wildman–Crippen MR) is 63.1 cm³/mol. The zero-order valence-electron chi connectivity index (χ0n) is 9.40. The first-order valence-corrected chi connectivity index (χ1v) is 5.64. The molecule has 2 rings (SSSR count). The number of hydrogen-bond acceptors (Lipinski definition) is 4. The van der Waals surface area contributed by atoms with Gasteiger partial charge in [0.25, 0.3) is 0 Å². The van der Waals surface area contributed by atoms with Crippen molar-refractivity contribution in [2.24, 2.45) is 0 Å². The second kappa shape index (κ2) is 4.95. The van der Waals surface area contributed by atoms with Gasteiger partial charge in [-0.05, 0) is 38.4 Å². The average Bonchev–Trinajstić information content (AvgIpc) is 2.30. The summed E-state index contributed by atoms with van der Waals surface area (Å²) < 4.78 is 0. The van der Waals surface area contributed by atoms with Gasteiger partial charge in [0.2, 0.25) is 0 Å². The summed E-state index contributed by atoms with van der Waals surface area (Å²) in [6.07, 6.45) is 3.83. The lowest BCUT2D eigenvalue weighted by molar-refractivity contribution is 0.396. The summed E-state index contributed by atoms with van der Waals surface area (Å²) in [6, 6.07) is 6.77. The van der Waals surface area contributed by atoms with Gasteiger partial charge in [-0.2, -0.15) is 5.26 Å². The Labute approximate surface area is 95.7 Å². The van der Waals surface area contributed by atoms with Crippen molar-refractivity contribution >= 4 is 5.82 Å². The third-order valence-corrected chi connectivity index (χ3v) is 2.87. The molecule has 0 aliphatic carbocycles. The highest BCUT2D eigenvalue weighted by molar-refractivity contribution is 5.39. The van der Waals surface area contributed by atoms with Crippen LogP contribution < -0.4 is 10.6 Å². The molecule has 2 N–H and O–H groups in total. The molecule has 1 aliphatic rings. The van der Waals surface area contributed by atoms with Crippen molar-refractivity contribution in [2.75, 3.05) is 11.9 Å². The number of hydrogen-bond donors (Lipinski definition) is 2. The molecule has 0 amide bonds. The molecule has 2 heterocycles. The van der Waals surface area contributed by atoms with E-state index in [1.54, 1.807) is 12.3 Å². The van der Waals surface area contributed by atoms with Gasteiger partial charge in [-0.1, -0.05) is 0 Å². The smallest absolute Gasteiger partial charge is 0.126 e. The number of piperidine rings is 1. The van der Waals surface area contributed by atoms with Crippen LogP contribution in [0.15, 0.2) is 18.3 Å². The summed E-state index contributed by atoms with van der Waals surface area (Å²) in [6.45, 7) is 3.25. The summed E-state index contributed by atoms with van der Waals surface area (Å²) in [5, 5.41) is 15.5. The Hall–Kier alpha value is -1.60. The zero-order valence-corrected chi connectivity index (χ0v) is 9.40. The monoisotopic (exact) mass is 216 g/mol. The lowest BCUT2D eigenvalue weighted by Gasteiger charge is -2.28. The molecule has 1 aromatic rings. The molecule has 0 aromatic carbocycles. The molecule has 0 spiro atoms. The summed E-state index contributed by atoms with van der Waals surface area (Å²) in [7, 11) is 0. The van der Waals surface area contributed by atoms with E-state index < -0.39 is 0 Å². The van der Waals surface area contributed by atoms with Crippen molar-refractivity contribution in [3.05, 3.63) is 23.9 Å². The van der Waals surface area contributed by atoms with Crippen LogP contribution in [-0.2, 0) is 0 Å². The highest BCUT2D eigenvalue weighted by Gasteiger charge is 2.17. The minimum absolute atomic E-state index is 0.483. The number of nitrogens with zero attached hydrogens (tertiary/aromatic N) is 2. The molecule has 84 valence electrons. The van der Waals surface area contributed by atoms with E-state index in [0.29, 0.717) is 17.6 Å². The highest BCUT2D eigenvalue weighted by Crippen LogP contribution is 2.14. The molecule has 1 aromatic heterocycles. The first-order chi connectivity index (χ1) is 7.78. The predicted octanol–water partition coefficient (Wildman–Crippen LogP) is 1.51. The van der Waals surface area contributed by atoms with Gasteiger partial charge in [-0.15, -0.1) is 0 Å². The standard InChI is InChI=1S/C12H16N4/c1-9-6-11(4-5-14-9)16-12-3-2-10(7-13)8-15-12/h2-3,8-9,11,14H,4-6H2,1H3,(H,15,16). The molecule has 1 aliphatic heterocycles. The normalized spacial score (nSPS) is 24.8. The van der Waals surface area contributed by atoms with Gasteiger partial charge < -0.3 is 10.6 Å². The fourth-order valence-corrected chi connectivity index (χ4v) is 2.02. The maximum absolute atomic E-state index is 8.67. The first-order valence-electron chi connectivity index (χ1n) is 5.64. The van der Waals surface area contributed by atoms with Crippen LogP contribution in [0.2, 0.25) is 0 Å².